The Labute approximate surface area is 163 Å². The van der Waals surface area contributed by atoms with Crippen molar-refractivity contribution in [2.24, 2.45) is 5.92 Å². The lowest BCUT2D eigenvalue weighted by molar-refractivity contribution is -0.136. The van der Waals surface area contributed by atoms with E-state index in [2.05, 4.69) is 27.7 Å². The van der Waals surface area contributed by atoms with Gasteiger partial charge in [-0.25, -0.2) is 0 Å². The van der Waals surface area contributed by atoms with Crippen LogP contribution in [0.4, 0.5) is 0 Å². The third kappa shape index (κ3) is 4.40. The summed E-state index contributed by atoms with van der Waals surface area (Å²) in [5, 5.41) is 0. The highest BCUT2D eigenvalue weighted by Crippen LogP contribution is 2.27. The monoisotopic (exact) mass is 373 g/mol. The molecule has 1 unspecified atom stereocenters. The fraction of sp³-hybridized carbons (Fsp3) is 0.773. The minimum absolute atomic E-state index is 0.240. The molecule has 1 aromatic heterocycles. The van der Waals surface area contributed by atoms with Gasteiger partial charge in [0.25, 0.3) is 0 Å². The summed E-state index contributed by atoms with van der Waals surface area (Å²) in [5.74, 6) is 2.81. The molecule has 3 fully saturated rings. The molecule has 0 aliphatic carbocycles. The van der Waals surface area contributed by atoms with Gasteiger partial charge < -0.3 is 9.32 Å². The Bertz CT molecular complexity index is 622. The molecular weight excluding hydrogens is 338 g/mol. The van der Waals surface area contributed by atoms with Gasteiger partial charge in [-0.05, 0) is 70.5 Å². The number of carbonyl (C=O) groups is 1. The van der Waals surface area contributed by atoms with Crippen molar-refractivity contribution in [3.8, 4) is 0 Å². The molecule has 0 aromatic carbocycles. The molecule has 4 heterocycles. The van der Waals surface area contributed by atoms with E-state index >= 15 is 0 Å². The average Bonchev–Trinajstić information content (AvgIpc) is 3.32. The van der Waals surface area contributed by atoms with Gasteiger partial charge in [-0.1, -0.05) is 0 Å². The first-order valence-corrected chi connectivity index (χ1v) is 10.9. The highest BCUT2D eigenvalue weighted by atomic mass is 16.3. The maximum absolute atomic E-state index is 12.8. The van der Waals surface area contributed by atoms with Crippen LogP contribution in [0.1, 0.15) is 55.6 Å². The van der Waals surface area contributed by atoms with Crippen LogP contribution in [0.25, 0.3) is 0 Å². The molecule has 1 aromatic rings. The molecule has 150 valence electrons. The molecule has 1 amide bonds. The summed E-state index contributed by atoms with van der Waals surface area (Å²) in [6, 6.07) is 2.83. The summed E-state index contributed by atoms with van der Waals surface area (Å²) >= 11 is 0. The van der Waals surface area contributed by atoms with Crippen molar-refractivity contribution in [2.75, 3.05) is 39.3 Å². The molecule has 3 aliphatic rings. The Hall–Kier alpha value is -1.33. The second-order valence-electron chi connectivity index (χ2n) is 8.83. The first-order chi connectivity index (χ1) is 13.1. The van der Waals surface area contributed by atoms with Crippen LogP contribution in [-0.4, -0.2) is 65.9 Å². The number of amides is 1. The van der Waals surface area contributed by atoms with E-state index in [1.54, 1.807) is 0 Å². The van der Waals surface area contributed by atoms with Gasteiger partial charge in [-0.3, -0.25) is 14.6 Å². The van der Waals surface area contributed by atoms with Crippen molar-refractivity contribution in [2.45, 2.75) is 65.0 Å². The lowest BCUT2D eigenvalue weighted by Gasteiger charge is -2.42. The zero-order valence-corrected chi connectivity index (χ0v) is 17.1. The molecule has 4 rings (SSSR count). The van der Waals surface area contributed by atoms with Crippen LogP contribution in [0, 0.1) is 19.8 Å². The van der Waals surface area contributed by atoms with Gasteiger partial charge in [-0.15, -0.1) is 0 Å². The lowest BCUT2D eigenvalue weighted by atomic mass is 9.93. The summed E-state index contributed by atoms with van der Waals surface area (Å²) in [6.07, 6.45) is 7.06. The molecule has 27 heavy (non-hydrogen) atoms. The smallest absolute Gasteiger partial charge is 0.226 e. The Balaban J connectivity index is 1.26. The van der Waals surface area contributed by atoms with Crippen molar-refractivity contribution < 1.29 is 9.21 Å². The van der Waals surface area contributed by atoms with Crippen molar-refractivity contribution in [1.29, 1.82) is 0 Å². The second-order valence-corrected chi connectivity index (χ2v) is 8.83. The molecule has 0 N–H and O–H groups in total. The minimum Gasteiger partial charge on any atom is -0.465 e. The Morgan fingerprint density at radius 1 is 1.04 bits per heavy atom. The first kappa shape index (κ1) is 19.0. The lowest BCUT2D eigenvalue weighted by Crippen LogP contribution is -2.50. The Morgan fingerprint density at radius 2 is 1.78 bits per heavy atom. The quantitative estimate of drug-likeness (QED) is 0.813. The molecule has 3 saturated heterocycles. The zero-order chi connectivity index (χ0) is 18.8. The standard InChI is InChI=1S/C22H35N3O2/c1-17-14-21(27-18(17)2)16-23-12-7-20(8-13-23)25-11-5-6-19(15-25)22(26)24-9-3-4-10-24/h14,19-20H,3-13,15-16H2,1-2H3. The molecule has 0 spiro atoms. The van der Waals surface area contributed by atoms with Crippen LogP contribution in [0.3, 0.4) is 0 Å². The topological polar surface area (TPSA) is 39.9 Å². The number of carbonyl (C=O) groups excluding carboxylic acids is 1. The first-order valence-electron chi connectivity index (χ1n) is 10.9. The fourth-order valence-corrected chi connectivity index (χ4v) is 5.13. The minimum atomic E-state index is 0.240. The predicted molar refractivity (Wildman–Crippen MR) is 107 cm³/mol. The van der Waals surface area contributed by atoms with Gasteiger partial charge in [-0.2, -0.15) is 0 Å². The van der Waals surface area contributed by atoms with Gasteiger partial charge >= 0.3 is 0 Å². The zero-order valence-electron chi connectivity index (χ0n) is 17.1. The molecule has 0 bridgehead atoms. The molecule has 0 radical (unpaired) electrons. The van der Waals surface area contributed by atoms with Crippen LogP contribution < -0.4 is 0 Å². The van der Waals surface area contributed by atoms with Crippen molar-refractivity contribution in [1.82, 2.24) is 14.7 Å². The predicted octanol–water partition coefficient (Wildman–Crippen LogP) is 3.20. The molecule has 3 aliphatic heterocycles. The van der Waals surface area contributed by atoms with Crippen molar-refractivity contribution in [3.63, 3.8) is 0 Å². The number of hydrogen-bond acceptors (Lipinski definition) is 4. The SMILES string of the molecule is Cc1cc(CN2CCC(N3CCCC(C(=O)N4CCCC4)C3)CC2)oc1C. The van der Waals surface area contributed by atoms with Gasteiger partial charge in [0.05, 0.1) is 12.5 Å². The van der Waals surface area contributed by atoms with E-state index in [0.29, 0.717) is 11.9 Å². The van der Waals surface area contributed by atoms with Crippen LogP contribution >= 0.6 is 0 Å². The van der Waals surface area contributed by atoms with E-state index in [4.69, 9.17) is 4.42 Å². The summed E-state index contributed by atoms with van der Waals surface area (Å²) < 4.78 is 5.86. The summed E-state index contributed by atoms with van der Waals surface area (Å²) in [6.45, 7) is 11.5. The van der Waals surface area contributed by atoms with E-state index in [-0.39, 0.29) is 5.92 Å². The fourth-order valence-electron chi connectivity index (χ4n) is 5.13. The van der Waals surface area contributed by atoms with Crippen LogP contribution in [0.5, 0.6) is 0 Å². The highest BCUT2D eigenvalue weighted by Gasteiger charge is 2.34. The summed E-state index contributed by atoms with van der Waals surface area (Å²) in [5.41, 5.74) is 1.25. The van der Waals surface area contributed by atoms with E-state index in [1.807, 2.05) is 6.92 Å². The van der Waals surface area contributed by atoms with Crippen molar-refractivity contribution >= 4 is 5.91 Å². The van der Waals surface area contributed by atoms with Gasteiger partial charge in [0, 0.05) is 38.8 Å². The van der Waals surface area contributed by atoms with Gasteiger partial charge in [0.1, 0.15) is 11.5 Å². The summed E-state index contributed by atoms with van der Waals surface area (Å²) in [7, 11) is 0. The van der Waals surface area contributed by atoms with Gasteiger partial charge in [0.2, 0.25) is 5.91 Å². The van der Waals surface area contributed by atoms with Crippen LogP contribution in [0.15, 0.2) is 10.5 Å². The molecule has 1 atom stereocenters. The number of piperidine rings is 2. The Kier molecular flexibility index (Phi) is 5.88. The van der Waals surface area contributed by atoms with Crippen LogP contribution in [0.2, 0.25) is 0 Å². The second kappa shape index (κ2) is 8.36. The van der Waals surface area contributed by atoms with E-state index < -0.39 is 0 Å². The molecular formula is C22H35N3O2. The van der Waals surface area contributed by atoms with Crippen LogP contribution in [-0.2, 0) is 11.3 Å². The summed E-state index contributed by atoms with van der Waals surface area (Å²) in [4.78, 5) is 20.1. The number of hydrogen-bond donors (Lipinski definition) is 0. The maximum Gasteiger partial charge on any atom is 0.226 e. The number of furan rings is 1. The largest absolute Gasteiger partial charge is 0.465 e. The van der Waals surface area contributed by atoms with Gasteiger partial charge in [0.15, 0.2) is 0 Å². The van der Waals surface area contributed by atoms with E-state index in [0.717, 1.165) is 57.2 Å². The third-order valence-electron chi connectivity index (χ3n) is 6.89. The average molecular weight is 374 g/mol. The number of aryl methyl sites for hydroxylation is 2. The molecule has 5 nitrogen and oxygen atoms in total. The molecule has 5 heteroatoms. The normalized spacial score (nSPS) is 26.0. The van der Waals surface area contributed by atoms with Crippen molar-refractivity contribution in [3.05, 3.63) is 23.2 Å². The highest BCUT2D eigenvalue weighted by molar-refractivity contribution is 5.79. The molecule has 0 saturated carbocycles. The maximum atomic E-state index is 12.8. The number of rotatable bonds is 4. The van der Waals surface area contributed by atoms with E-state index in [1.165, 1.54) is 44.2 Å². The van der Waals surface area contributed by atoms with E-state index in [9.17, 15) is 4.79 Å². The Morgan fingerprint density at radius 3 is 2.44 bits per heavy atom. The number of nitrogens with zero attached hydrogens (tertiary/aromatic N) is 3. The third-order valence-corrected chi connectivity index (χ3v) is 6.89. The number of likely N-dealkylation sites (tertiary alicyclic amines) is 3.